The van der Waals surface area contributed by atoms with Crippen molar-refractivity contribution in [3.05, 3.63) is 22.0 Å². The largest absolute Gasteiger partial charge is 0.324 e. The fourth-order valence-electron chi connectivity index (χ4n) is 2.12. The molecule has 0 bridgehead atoms. The van der Waals surface area contributed by atoms with Crippen LogP contribution >= 0.6 is 15.9 Å². The fourth-order valence-corrected chi connectivity index (χ4v) is 3.25. The van der Waals surface area contributed by atoms with E-state index in [9.17, 15) is 8.42 Å². The molecule has 0 saturated carbocycles. The summed E-state index contributed by atoms with van der Waals surface area (Å²) in [6.45, 7) is 1.80. The van der Waals surface area contributed by atoms with E-state index in [-0.39, 0.29) is 0 Å². The lowest BCUT2D eigenvalue weighted by molar-refractivity contribution is 0.478. The Morgan fingerprint density at radius 2 is 2.22 bits per heavy atom. The highest BCUT2D eigenvalue weighted by molar-refractivity contribution is 9.12. The first-order valence-electron chi connectivity index (χ1n) is 5.40. The highest BCUT2D eigenvalue weighted by Crippen LogP contribution is 2.31. The van der Waals surface area contributed by atoms with Crippen LogP contribution in [0.4, 0.5) is 0 Å². The van der Waals surface area contributed by atoms with Gasteiger partial charge in [0.15, 0.2) is 0 Å². The Balaban J connectivity index is 2.02. The highest BCUT2D eigenvalue weighted by Gasteiger charge is 2.32. The minimum Gasteiger partial charge on any atom is -0.324 e. The number of rotatable bonds is 1. The molecule has 96 valence electrons. The van der Waals surface area contributed by atoms with Crippen molar-refractivity contribution in [1.29, 1.82) is 0 Å². The normalized spacial score (nSPS) is 22.8. The monoisotopic (exact) mass is 330 g/mol. The maximum atomic E-state index is 11.6. The van der Waals surface area contributed by atoms with E-state index >= 15 is 0 Å². The number of hydrogen-bond acceptors (Lipinski definition) is 5. The molecule has 3 rings (SSSR count). The summed E-state index contributed by atoms with van der Waals surface area (Å²) < 4.78 is 25.2. The molecule has 0 saturated heterocycles. The van der Waals surface area contributed by atoms with E-state index in [1.807, 2.05) is 11.0 Å². The van der Waals surface area contributed by atoms with Crippen LogP contribution in [0.5, 0.6) is 0 Å². The molecule has 0 aromatic rings. The van der Waals surface area contributed by atoms with Gasteiger partial charge in [0.05, 0.1) is 35.2 Å². The lowest BCUT2D eigenvalue weighted by Gasteiger charge is -2.33. The highest BCUT2D eigenvalue weighted by atomic mass is 79.9. The summed E-state index contributed by atoms with van der Waals surface area (Å²) in [6, 6.07) is 0. The number of sulfonamides is 1. The van der Waals surface area contributed by atoms with E-state index in [1.54, 1.807) is 0 Å². The van der Waals surface area contributed by atoms with Crippen molar-refractivity contribution < 1.29 is 8.42 Å². The summed E-state index contributed by atoms with van der Waals surface area (Å²) in [5.41, 5.74) is 1.69. The number of aliphatic imine (C=N–C) groups is 2. The Kier molecular flexibility index (Phi) is 2.60. The molecular formula is C10H11BrN4O2S. The average molecular weight is 331 g/mol. The smallest absolute Gasteiger partial charge is 0.233 e. The van der Waals surface area contributed by atoms with Crippen molar-refractivity contribution in [1.82, 2.24) is 9.21 Å². The Bertz CT molecular complexity index is 632. The summed E-state index contributed by atoms with van der Waals surface area (Å²) >= 11 is 3.46. The Hall–Kier alpha value is -1.15. The zero-order chi connectivity index (χ0) is 12.9. The molecule has 0 fully saturated rings. The fraction of sp³-hybridized carbons (Fsp3) is 0.400. The van der Waals surface area contributed by atoms with Gasteiger partial charge in [-0.2, -0.15) is 0 Å². The predicted octanol–water partition coefficient (Wildman–Crippen LogP) is 0.508. The van der Waals surface area contributed by atoms with Gasteiger partial charge >= 0.3 is 0 Å². The Labute approximate surface area is 114 Å². The van der Waals surface area contributed by atoms with Crippen LogP contribution in [0.15, 0.2) is 31.9 Å². The number of halogens is 1. The van der Waals surface area contributed by atoms with Crippen LogP contribution in [0.1, 0.15) is 0 Å². The first-order chi connectivity index (χ1) is 8.47. The molecule has 0 aliphatic carbocycles. The van der Waals surface area contributed by atoms with Gasteiger partial charge in [-0.25, -0.2) is 13.4 Å². The van der Waals surface area contributed by atoms with E-state index < -0.39 is 10.0 Å². The van der Waals surface area contributed by atoms with Crippen LogP contribution in [0.3, 0.4) is 0 Å². The molecular weight excluding hydrogens is 320 g/mol. The lowest BCUT2D eigenvalue weighted by atomic mass is 10.2. The van der Waals surface area contributed by atoms with Gasteiger partial charge in [0.1, 0.15) is 12.2 Å². The third-order valence-corrected chi connectivity index (χ3v) is 4.66. The third kappa shape index (κ3) is 1.79. The van der Waals surface area contributed by atoms with Gasteiger partial charge in [-0.1, -0.05) is 0 Å². The van der Waals surface area contributed by atoms with Gasteiger partial charge in [0.25, 0.3) is 0 Å². The predicted molar refractivity (Wildman–Crippen MR) is 73.1 cm³/mol. The van der Waals surface area contributed by atoms with Crippen molar-refractivity contribution in [3.8, 4) is 0 Å². The molecule has 8 heteroatoms. The van der Waals surface area contributed by atoms with E-state index in [0.29, 0.717) is 6.54 Å². The molecule has 6 nitrogen and oxygen atoms in total. The summed E-state index contributed by atoms with van der Waals surface area (Å²) in [6.07, 6.45) is 4.42. The van der Waals surface area contributed by atoms with Gasteiger partial charge in [0.2, 0.25) is 10.0 Å². The van der Waals surface area contributed by atoms with Crippen LogP contribution < -0.4 is 0 Å². The Morgan fingerprint density at radius 1 is 1.44 bits per heavy atom. The Morgan fingerprint density at radius 3 is 2.94 bits per heavy atom. The van der Waals surface area contributed by atoms with E-state index in [1.165, 1.54) is 16.9 Å². The van der Waals surface area contributed by atoms with Gasteiger partial charge in [-0.3, -0.25) is 9.30 Å². The second kappa shape index (κ2) is 3.92. The van der Waals surface area contributed by atoms with Crippen molar-refractivity contribution in [2.75, 3.05) is 25.9 Å². The topological polar surface area (TPSA) is 65.3 Å². The summed E-state index contributed by atoms with van der Waals surface area (Å²) in [5.74, 6) is 0.860. The van der Waals surface area contributed by atoms with Crippen molar-refractivity contribution in [2.45, 2.75) is 0 Å². The second-order valence-corrected chi connectivity index (χ2v) is 7.02. The van der Waals surface area contributed by atoms with Crippen LogP contribution in [0.2, 0.25) is 0 Å². The van der Waals surface area contributed by atoms with E-state index in [0.717, 1.165) is 34.8 Å². The van der Waals surface area contributed by atoms with Crippen molar-refractivity contribution >= 4 is 38.1 Å². The first kappa shape index (κ1) is 11.9. The molecule has 0 aromatic heterocycles. The molecule has 18 heavy (non-hydrogen) atoms. The van der Waals surface area contributed by atoms with Crippen LogP contribution in [0.25, 0.3) is 0 Å². The number of fused-ring (bicyclic) bond motifs is 2. The molecule has 3 aliphatic heterocycles. The third-order valence-electron chi connectivity index (χ3n) is 3.00. The minimum absolute atomic E-state index is 0.313. The minimum atomic E-state index is -3.27. The van der Waals surface area contributed by atoms with Gasteiger partial charge in [-0.15, -0.1) is 0 Å². The molecule has 0 amide bonds. The average Bonchev–Trinajstić information content (AvgIpc) is 2.77. The standard InChI is InChI=1S/C10H11BrN4O2S/c1-18(16,17)14-5-9-8(13-6-14)4-7(11)10-12-2-3-15(9)10/h4,6H,2-3,5H2,1H3. The second-order valence-electron chi connectivity index (χ2n) is 4.23. The van der Waals surface area contributed by atoms with Gasteiger partial charge in [-0.05, 0) is 22.0 Å². The van der Waals surface area contributed by atoms with E-state index in [2.05, 4.69) is 25.9 Å². The van der Waals surface area contributed by atoms with Crippen LogP contribution in [-0.2, 0) is 10.0 Å². The van der Waals surface area contributed by atoms with Crippen LogP contribution in [0, 0.1) is 0 Å². The van der Waals surface area contributed by atoms with Crippen LogP contribution in [-0.4, -0.2) is 55.7 Å². The zero-order valence-corrected chi connectivity index (χ0v) is 12.1. The maximum Gasteiger partial charge on any atom is 0.233 e. The molecule has 0 aromatic carbocycles. The molecule has 0 unspecified atom stereocenters. The maximum absolute atomic E-state index is 11.6. The molecule has 0 atom stereocenters. The number of amidine groups is 1. The van der Waals surface area contributed by atoms with Crippen molar-refractivity contribution in [2.24, 2.45) is 9.98 Å². The molecule has 0 N–H and O–H groups in total. The summed E-state index contributed by atoms with van der Waals surface area (Å²) in [4.78, 5) is 10.6. The van der Waals surface area contributed by atoms with Crippen molar-refractivity contribution in [3.63, 3.8) is 0 Å². The quantitative estimate of drug-likeness (QED) is 0.703. The summed E-state index contributed by atoms with van der Waals surface area (Å²) in [5, 5.41) is 0. The number of allylic oxidation sites excluding steroid dienone is 1. The van der Waals surface area contributed by atoms with E-state index in [4.69, 9.17) is 0 Å². The molecule has 0 spiro atoms. The zero-order valence-electron chi connectivity index (χ0n) is 9.67. The number of nitrogens with zero attached hydrogens (tertiary/aromatic N) is 4. The van der Waals surface area contributed by atoms with Gasteiger partial charge in [0, 0.05) is 6.54 Å². The summed E-state index contributed by atoms with van der Waals surface area (Å²) in [7, 11) is -3.27. The lowest BCUT2D eigenvalue weighted by Crippen LogP contribution is -2.41. The molecule has 0 radical (unpaired) electrons. The molecule has 3 aliphatic rings. The number of hydrogen-bond donors (Lipinski definition) is 0. The van der Waals surface area contributed by atoms with Gasteiger partial charge < -0.3 is 4.90 Å². The molecule has 3 heterocycles. The first-order valence-corrected chi connectivity index (χ1v) is 8.04. The SMILES string of the molecule is CS(=O)(=O)N1C=NC2=C(C1)N1CCN=C1C(Br)=C2.